The number of unbranched alkanes of at least 4 members (excludes halogenated alkanes) is 1. The van der Waals surface area contributed by atoms with E-state index < -0.39 is 9.84 Å². The second-order valence-corrected chi connectivity index (χ2v) is 10.3. The lowest BCUT2D eigenvalue weighted by molar-refractivity contribution is -0.130. The first kappa shape index (κ1) is 20.9. The number of carbonyl (C=O) groups excluding carboxylic acids is 1. The van der Waals surface area contributed by atoms with E-state index in [0.29, 0.717) is 23.9 Å². The molecule has 28 heavy (non-hydrogen) atoms. The lowest BCUT2D eigenvalue weighted by atomic mass is 10.1. The number of thioether (sulfide) groups is 1. The molecule has 9 heteroatoms. The van der Waals surface area contributed by atoms with Gasteiger partial charge in [-0.2, -0.15) is 0 Å². The summed E-state index contributed by atoms with van der Waals surface area (Å²) in [5.41, 5.74) is 2.11. The molecule has 0 bridgehead atoms. The predicted octanol–water partition coefficient (Wildman–Crippen LogP) is 2.69. The Bertz CT molecular complexity index is 910. The van der Waals surface area contributed by atoms with Crippen LogP contribution < -0.4 is 0 Å². The molecule has 1 aromatic heterocycles. The number of aromatic amines is 1. The Kier molecular flexibility index (Phi) is 6.77. The number of amides is 1. The summed E-state index contributed by atoms with van der Waals surface area (Å²) >= 11 is 1.27. The summed E-state index contributed by atoms with van der Waals surface area (Å²) < 4.78 is 23.6. The molecule has 0 saturated carbocycles. The average molecular weight is 423 g/mol. The van der Waals surface area contributed by atoms with Crippen molar-refractivity contribution >= 4 is 27.5 Å². The van der Waals surface area contributed by atoms with Gasteiger partial charge >= 0.3 is 0 Å². The fourth-order valence-corrected chi connectivity index (χ4v) is 5.64. The molecule has 1 aromatic carbocycles. The van der Waals surface area contributed by atoms with Crippen LogP contribution in [0.2, 0.25) is 0 Å². The zero-order valence-electron chi connectivity index (χ0n) is 16.2. The minimum Gasteiger partial charge on any atom is -0.338 e. The van der Waals surface area contributed by atoms with Gasteiger partial charge in [0.2, 0.25) is 11.1 Å². The van der Waals surface area contributed by atoms with E-state index in [1.54, 1.807) is 4.90 Å². The van der Waals surface area contributed by atoms with E-state index in [1.165, 1.54) is 17.3 Å². The van der Waals surface area contributed by atoms with Crippen LogP contribution in [-0.4, -0.2) is 64.3 Å². The Morgan fingerprint density at radius 1 is 1.32 bits per heavy atom. The van der Waals surface area contributed by atoms with Gasteiger partial charge in [0, 0.05) is 18.2 Å². The number of H-pyrrole nitrogens is 1. The molecule has 1 amide bonds. The fourth-order valence-electron chi connectivity index (χ4n) is 3.22. The van der Waals surface area contributed by atoms with E-state index >= 15 is 0 Å². The Morgan fingerprint density at radius 2 is 2.07 bits per heavy atom. The number of hydrogen-bond donors (Lipinski definition) is 1. The Morgan fingerprint density at radius 3 is 2.71 bits per heavy atom. The van der Waals surface area contributed by atoms with Crippen molar-refractivity contribution in [3.8, 4) is 11.4 Å². The molecule has 3 rings (SSSR count). The SMILES string of the molecule is CCCCN(C(=O)CSc1n[nH]c(-c2ccc(C)cc2)n1)[C@H]1CCS(=O)(=O)C1. The van der Waals surface area contributed by atoms with E-state index in [-0.39, 0.29) is 29.2 Å². The molecule has 0 aliphatic carbocycles. The van der Waals surface area contributed by atoms with Crippen molar-refractivity contribution in [1.29, 1.82) is 0 Å². The first-order chi connectivity index (χ1) is 13.4. The number of nitrogens with zero attached hydrogens (tertiary/aromatic N) is 3. The molecule has 1 saturated heterocycles. The number of hydrogen-bond acceptors (Lipinski definition) is 6. The number of aryl methyl sites for hydroxylation is 1. The summed E-state index contributed by atoms with van der Waals surface area (Å²) in [4.78, 5) is 19.0. The molecule has 2 heterocycles. The summed E-state index contributed by atoms with van der Waals surface area (Å²) in [6.07, 6.45) is 2.35. The van der Waals surface area contributed by atoms with Gasteiger partial charge in [-0.1, -0.05) is 54.9 Å². The molecule has 1 atom stereocenters. The normalized spacial score (nSPS) is 18.3. The Labute approximate surface area is 170 Å². The van der Waals surface area contributed by atoms with Crippen molar-refractivity contribution in [1.82, 2.24) is 20.1 Å². The van der Waals surface area contributed by atoms with E-state index in [9.17, 15) is 13.2 Å². The van der Waals surface area contributed by atoms with Crippen LogP contribution in [0.4, 0.5) is 0 Å². The Hall–Kier alpha value is -1.87. The quantitative estimate of drug-likeness (QED) is 0.657. The van der Waals surface area contributed by atoms with E-state index in [0.717, 1.165) is 18.4 Å². The average Bonchev–Trinajstić information content (AvgIpc) is 3.27. The standard InChI is InChI=1S/C19H26N4O3S2/c1-3-4-10-23(16-9-11-28(25,26)13-16)17(24)12-27-19-20-18(21-22-19)15-7-5-14(2)6-8-15/h5-8,16H,3-4,9-13H2,1-2H3,(H,20,21,22)/t16-/m0/s1. The van der Waals surface area contributed by atoms with E-state index in [1.807, 2.05) is 31.2 Å². The minimum absolute atomic E-state index is 0.0535. The number of sulfone groups is 1. The van der Waals surface area contributed by atoms with Crippen LogP contribution >= 0.6 is 11.8 Å². The lowest BCUT2D eigenvalue weighted by Gasteiger charge is -2.28. The molecular weight excluding hydrogens is 396 g/mol. The van der Waals surface area contributed by atoms with Gasteiger partial charge in [0.15, 0.2) is 15.7 Å². The number of aromatic nitrogens is 3. The zero-order valence-corrected chi connectivity index (χ0v) is 17.9. The molecule has 0 spiro atoms. The van der Waals surface area contributed by atoms with Crippen molar-refractivity contribution in [2.75, 3.05) is 23.8 Å². The molecule has 0 unspecified atom stereocenters. The highest BCUT2D eigenvalue weighted by Crippen LogP contribution is 2.23. The van der Waals surface area contributed by atoms with Crippen molar-refractivity contribution in [3.05, 3.63) is 29.8 Å². The third kappa shape index (κ3) is 5.35. The number of carbonyl (C=O) groups is 1. The topological polar surface area (TPSA) is 96.0 Å². The smallest absolute Gasteiger partial charge is 0.233 e. The summed E-state index contributed by atoms with van der Waals surface area (Å²) in [5.74, 6) is 1.06. The molecule has 7 nitrogen and oxygen atoms in total. The van der Waals surface area contributed by atoms with Crippen LogP contribution in [0.1, 0.15) is 31.7 Å². The maximum absolute atomic E-state index is 12.8. The lowest BCUT2D eigenvalue weighted by Crippen LogP contribution is -2.42. The third-order valence-corrected chi connectivity index (χ3v) is 7.42. The van der Waals surface area contributed by atoms with Crippen molar-refractivity contribution in [3.63, 3.8) is 0 Å². The van der Waals surface area contributed by atoms with Crippen LogP contribution in [0.15, 0.2) is 29.4 Å². The highest BCUT2D eigenvalue weighted by Gasteiger charge is 2.34. The van der Waals surface area contributed by atoms with Crippen LogP contribution in [0.5, 0.6) is 0 Å². The number of rotatable bonds is 8. The van der Waals surface area contributed by atoms with E-state index in [4.69, 9.17) is 0 Å². The molecule has 2 aromatic rings. The molecule has 152 valence electrons. The minimum atomic E-state index is -3.03. The van der Waals surface area contributed by atoms with E-state index in [2.05, 4.69) is 22.1 Å². The molecule has 1 aliphatic heterocycles. The zero-order chi connectivity index (χ0) is 20.1. The van der Waals surface area contributed by atoms with Gasteiger partial charge in [0.25, 0.3) is 0 Å². The number of nitrogens with one attached hydrogen (secondary N) is 1. The molecular formula is C19H26N4O3S2. The number of benzene rings is 1. The first-order valence-electron chi connectivity index (χ1n) is 9.50. The first-order valence-corrected chi connectivity index (χ1v) is 12.3. The van der Waals surface area contributed by atoms with Gasteiger partial charge in [-0.25, -0.2) is 13.4 Å². The van der Waals surface area contributed by atoms with Crippen LogP contribution in [0.3, 0.4) is 0 Å². The summed E-state index contributed by atoms with van der Waals surface area (Å²) in [5, 5.41) is 7.61. The van der Waals surface area contributed by atoms with Gasteiger partial charge in [-0.05, 0) is 19.8 Å². The summed E-state index contributed by atoms with van der Waals surface area (Å²) in [7, 11) is -3.03. The summed E-state index contributed by atoms with van der Waals surface area (Å²) in [6.45, 7) is 4.68. The van der Waals surface area contributed by atoms with Crippen molar-refractivity contribution in [2.24, 2.45) is 0 Å². The maximum atomic E-state index is 12.8. The highest BCUT2D eigenvalue weighted by molar-refractivity contribution is 7.99. The highest BCUT2D eigenvalue weighted by atomic mass is 32.2. The van der Waals surface area contributed by atoms with Crippen LogP contribution in [0, 0.1) is 6.92 Å². The second kappa shape index (κ2) is 9.09. The molecule has 0 radical (unpaired) electrons. The second-order valence-electron chi connectivity index (χ2n) is 7.12. The molecule has 1 aliphatic rings. The van der Waals surface area contributed by atoms with Gasteiger partial charge in [0.1, 0.15) is 0 Å². The van der Waals surface area contributed by atoms with Gasteiger partial charge < -0.3 is 4.90 Å². The maximum Gasteiger partial charge on any atom is 0.233 e. The predicted molar refractivity (Wildman–Crippen MR) is 111 cm³/mol. The van der Waals surface area contributed by atoms with Gasteiger partial charge in [-0.15, -0.1) is 5.10 Å². The van der Waals surface area contributed by atoms with Crippen molar-refractivity contribution < 1.29 is 13.2 Å². The monoisotopic (exact) mass is 422 g/mol. The molecule has 1 fully saturated rings. The van der Waals surface area contributed by atoms with Crippen molar-refractivity contribution in [2.45, 2.75) is 44.3 Å². The van der Waals surface area contributed by atoms with Gasteiger partial charge in [0.05, 0.1) is 17.3 Å². The van der Waals surface area contributed by atoms with Gasteiger partial charge in [-0.3, -0.25) is 9.89 Å². The van der Waals surface area contributed by atoms with Crippen LogP contribution in [-0.2, 0) is 14.6 Å². The summed E-state index contributed by atoms with van der Waals surface area (Å²) in [6, 6.07) is 7.76. The largest absolute Gasteiger partial charge is 0.338 e. The Balaban J connectivity index is 1.62. The third-order valence-electron chi connectivity index (χ3n) is 4.84. The molecule has 1 N–H and O–H groups in total. The van der Waals surface area contributed by atoms with Crippen LogP contribution in [0.25, 0.3) is 11.4 Å². The fraction of sp³-hybridized carbons (Fsp3) is 0.526.